The van der Waals surface area contributed by atoms with Gasteiger partial charge in [0.15, 0.2) is 5.78 Å². The van der Waals surface area contributed by atoms with Crippen LogP contribution in [-0.2, 0) is 16.0 Å². The van der Waals surface area contributed by atoms with E-state index in [9.17, 15) is 18.4 Å². The molecule has 0 N–H and O–H groups in total. The fraction of sp³-hybridized carbons (Fsp3) is 0.467. The zero-order chi connectivity index (χ0) is 15.4. The van der Waals surface area contributed by atoms with Crippen LogP contribution in [0.2, 0.25) is 0 Å². The molecule has 0 aromatic heterocycles. The minimum Gasteiger partial charge on any atom is -0.375 e. The van der Waals surface area contributed by atoms with Crippen molar-refractivity contribution in [1.29, 1.82) is 0 Å². The van der Waals surface area contributed by atoms with Gasteiger partial charge in [-0.25, -0.2) is 8.78 Å². The fourth-order valence-electron chi connectivity index (χ4n) is 2.31. The van der Waals surface area contributed by atoms with Crippen molar-refractivity contribution in [2.45, 2.75) is 25.7 Å². The van der Waals surface area contributed by atoms with Crippen LogP contribution >= 0.6 is 0 Å². The van der Waals surface area contributed by atoms with Crippen molar-refractivity contribution in [3.63, 3.8) is 0 Å². The Bertz CT molecular complexity index is 546. The number of nitrogens with zero attached hydrogens (tertiary/aromatic N) is 1. The van der Waals surface area contributed by atoms with E-state index in [1.54, 1.807) is 30.1 Å². The van der Waals surface area contributed by atoms with E-state index in [1.807, 2.05) is 0 Å². The van der Waals surface area contributed by atoms with Crippen molar-refractivity contribution < 1.29 is 23.1 Å². The minimum atomic E-state index is -2.52. The first-order valence-electron chi connectivity index (χ1n) is 6.77. The summed E-state index contributed by atoms with van der Waals surface area (Å²) in [5.41, 5.74) is 2.30. The van der Waals surface area contributed by atoms with Gasteiger partial charge in [-0.3, -0.25) is 9.59 Å². The monoisotopic (exact) mass is 297 g/mol. The molecule has 0 aliphatic carbocycles. The van der Waals surface area contributed by atoms with Crippen molar-refractivity contribution in [3.05, 3.63) is 29.3 Å². The third-order valence-electron chi connectivity index (χ3n) is 3.46. The van der Waals surface area contributed by atoms with Crippen LogP contribution in [0.1, 0.15) is 28.8 Å². The number of carbonyl (C=O) groups excluding carboxylic acids is 2. The number of halogens is 2. The number of hydrogen-bond donors (Lipinski definition) is 0. The van der Waals surface area contributed by atoms with E-state index >= 15 is 0 Å². The van der Waals surface area contributed by atoms with E-state index in [0.717, 1.165) is 11.3 Å². The van der Waals surface area contributed by atoms with Gasteiger partial charge in [-0.2, -0.15) is 0 Å². The third-order valence-corrected chi connectivity index (χ3v) is 3.46. The molecule has 114 valence electrons. The minimum absolute atomic E-state index is 0.0152. The molecule has 4 nitrogen and oxygen atoms in total. The van der Waals surface area contributed by atoms with Gasteiger partial charge in [-0.05, 0) is 30.2 Å². The number of carbonyl (C=O) groups is 2. The molecule has 1 aliphatic rings. The molecule has 1 heterocycles. The standard InChI is InChI=1S/C15H17F2NO3/c1-18-12-4-2-11(8-10(12)3-5-15(18)20)13(19)6-7-21-9-14(16)17/h2,4,8,14H,3,5-7,9H2,1H3. The lowest BCUT2D eigenvalue weighted by molar-refractivity contribution is -0.118. The Morgan fingerprint density at radius 3 is 2.86 bits per heavy atom. The first-order chi connectivity index (χ1) is 9.99. The molecule has 0 unspecified atom stereocenters. The number of amides is 1. The van der Waals surface area contributed by atoms with Gasteiger partial charge < -0.3 is 9.64 Å². The molecule has 21 heavy (non-hydrogen) atoms. The van der Waals surface area contributed by atoms with Gasteiger partial charge in [0.25, 0.3) is 6.43 Å². The molecule has 1 aromatic carbocycles. The van der Waals surface area contributed by atoms with Gasteiger partial charge >= 0.3 is 0 Å². The van der Waals surface area contributed by atoms with Crippen LogP contribution in [0.3, 0.4) is 0 Å². The second kappa shape index (κ2) is 6.76. The largest absolute Gasteiger partial charge is 0.375 e. The number of hydrogen-bond acceptors (Lipinski definition) is 3. The number of anilines is 1. The molecule has 2 rings (SSSR count). The summed E-state index contributed by atoms with van der Waals surface area (Å²) in [5.74, 6) is -0.0893. The summed E-state index contributed by atoms with van der Waals surface area (Å²) in [5, 5.41) is 0. The fourth-order valence-corrected chi connectivity index (χ4v) is 2.31. The Kier molecular flexibility index (Phi) is 5.01. The van der Waals surface area contributed by atoms with E-state index < -0.39 is 13.0 Å². The zero-order valence-corrected chi connectivity index (χ0v) is 11.8. The molecular weight excluding hydrogens is 280 g/mol. The summed E-state index contributed by atoms with van der Waals surface area (Å²) >= 11 is 0. The van der Waals surface area contributed by atoms with Gasteiger partial charge in [0.2, 0.25) is 5.91 Å². The molecule has 1 aromatic rings. The van der Waals surface area contributed by atoms with Crippen LogP contribution in [0.15, 0.2) is 18.2 Å². The molecule has 0 fully saturated rings. The Morgan fingerprint density at radius 1 is 1.38 bits per heavy atom. The van der Waals surface area contributed by atoms with Crippen LogP contribution in [0.25, 0.3) is 0 Å². The van der Waals surface area contributed by atoms with Gasteiger partial charge in [0.1, 0.15) is 6.61 Å². The van der Waals surface area contributed by atoms with Crippen LogP contribution in [0.5, 0.6) is 0 Å². The number of rotatable bonds is 6. The summed E-state index contributed by atoms with van der Waals surface area (Å²) in [4.78, 5) is 25.1. The van der Waals surface area contributed by atoms with Gasteiger partial charge in [-0.15, -0.1) is 0 Å². The van der Waals surface area contributed by atoms with E-state index in [1.165, 1.54) is 0 Å². The maximum Gasteiger partial charge on any atom is 0.261 e. The Balaban J connectivity index is 1.98. The summed E-state index contributed by atoms with van der Waals surface area (Å²) in [6, 6.07) is 5.18. The average Bonchev–Trinajstić information content (AvgIpc) is 2.46. The number of benzene rings is 1. The van der Waals surface area contributed by atoms with Gasteiger partial charge in [0.05, 0.1) is 6.61 Å². The molecule has 0 radical (unpaired) electrons. The lowest BCUT2D eigenvalue weighted by Crippen LogP contribution is -2.31. The van der Waals surface area contributed by atoms with Crippen LogP contribution in [0.4, 0.5) is 14.5 Å². The highest BCUT2D eigenvalue weighted by Gasteiger charge is 2.21. The number of fused-ring (bicyclic) bond motifs is 1. The first kappa shape index (κ1) is 15.6. The summed E-state index contributed by atoms with van der Waals surface area (Å²) in [6.07, 6.45) is -1.41. The molecule has 1 aliphatic heterocycles. The SMILES string of the molecule is CN1C(=O)CCc2cc(C(=O)CCOCC(F)F)ccc21. The number of aryl methyl sites for hydroxylation is 1. The molecule has 0 atom stereocenters. The van der Waals surface area contributed by atoms with E-state index in [2.05, 4.69) is 0 Å². The Hall–Kier alpha value is -1.82. The highest BCUT2D eigenvalue weighted by atomic mass is 19.3. The highest BCUT2D eigenvalue weighted by Crippen LogP contribution is 2.27. The highest BCUT2D eigenvalue weighted by molar-refractivity contribution is 5.99. The van der Waals surface area contributed by atoms with Crippen molar-refractivity contribution in [2.75, 3.05) is 25.2 Å². The lowest BCUT2D eigenvalue weighted by Gasteiger charge is -2.26. The van der Waals surface area contributed by atoms with E-state index in [4.69, 9.17) is 4.74 Å². The maximum absolute atomic E-state index is 12.0. The van der Waals surface area contributed by atoms with E-state index in [0.29, 0.717) is 18.4 Å². The molecule has 0 bridgehead atoms. The summed E-state index contributed by atoms with van der Waals surface area (Å²) < 4.78 is 28.5. The molecule has 1 amide bonds. The van der Waals surface area contributed by atoms with Crippen LogP contribution in [0, 0.1) is 0 Å². The lowest BCUT2D eigenvalue weighted by atomic mass is 9.97. The average molecular weight is 297 g/mol. The quantitative estimate of drug-likeness (QED) is 0.598. The zero-order valence-electron chi connectivity index (χ0n) is 11.8. The number of ether oxygens (including phenoxy) is 1. The topological polar surface area (TPSA) is 46.6 Å². The van der Waals surface area contributed by atoms with Gasteiger partial charge in [-0.1, -0.05) is 0 Å². The molecule has 6 heteroatoms. The predicted molar refractivity (Wildman–Crippen MR) is 73.9 cm³/mol. The Labute approximate surface area is 121 Å². The first-order valence-corrected chi connectivity index (χ1v) is 6.77. The molecule has 0 saturated carbocycles. The molecule has 0 spiro atoms. The summed E-state index contributed by atoms with van der Waals surface area (Å²) in [7, 11) is 1.71. The second-order valence-electron chi connectivity index (χ2n) is 4.94. The predicted octanol–water partition coefficient (Wildman–Crippen LogP) is 2.45. The smallest absolute Gasteiger partial charge is 0.261 e. The van der Waals surface area contributed by atoms with Crippen molar-refractivity contribution in [1.82, 2.24) is 0 Å². The third kappa shape index (κ3) is 3.85. The summed E-state index contributed by atoms with van der Waals surface area (Å²) in [6.45, 7) is -0.664. The van der Waals surface area contributed by atoms with Crippen LogP contribution in [-0.4, -0.2) is 38.4 Å². The number of alkyl halides is 2. The van der Waals surface area contributed by atoms with Crippen molar-refractivity contribution in [3.8, 4) is 0 Å². The normalized spacial score (nSPS) is 14.5. The van der Waals surface area contributed by atoms with E-state index in [-0.39, 0.29) is 24.7 Å². The molecule has 0 saturated heterocycles. The number of Topliss-reactive ketones (excluding diaryl/α,β-unsaturated/α-hetero) is 1. The Morgan fingerprint density at radius 2 is 2.14 bits per heavy atom. The second-order valence-corrected chi connectivity index (χ2v) is 4.94. The number of ketones is 1. The molecular formula is C15H17F2NO3. The van der Waals surface area contributed by atoms with Crippen molar-refractivity contribution in [2.24, 2.45) is 0 Å². The van der Waals surface area contributed by atoms with Gasteiger partial charge in [0, 0.05) is 31.1 Å². The maximum atomic E-state index is 12.0. The van der Waals surface area contributed by atoms with Crippen LogP contribution < -0.4 is 4.90 Å². The van der Waals surface area contributed by atoms with Crippen molar-refractivity contribution >= 4 is 17.4 Å².